The fourth-order valence-corrected chi connectivity index (χ4v) is 3.34. The Bertz CT molecular complexity index is 778. The van der Waals surface area contributed by atoms with E-state index in [-0.39, 0.29) is 0 Å². The lowest BCUT2D eigenvalue weighted by molar-refractivity contribution is 0.360. The van der Waals surface area contributed by atoms with E-state index < -0.39 is 0 Å². The van der Waals surface area contributed by atoms with Crippen LogP contribution in [0.3, 0.4) is 0 Å². The van der Waals surface area contributed by atoms with E-state index in [0.717, 1.165) is 36.2 Å². The fourth-order valence-electron chi connectivity index (χ4n) is 3.34. The first kappa shape index (κ1) is 13.5. The summed E-state index contributed by atoms with van der Waals surface area (Å²) in [5.74, 6) is 1.41. The Balaban J connectivity index is 1.62. The molecule has 1 fully saturated rings. The molecule has 112 valence electrons. The van der Waals surface area contributed by atoms with Crippen LogP contribution in [0.1, 0.15) is 41.8 Å². The Hall–Kier alpha value is -2.20. The molecule has 4 rings (SSSR count). The van der Waals surface area contributed by atoms with Crippen molar-refractivity contribution >= 4 is 11.0 Å². The number of nitrogens with one attached hydrogen (secondary N) is 2. The fraction of sp³-hybridized carbons (Fsp3) is 0.333. The monoisotopic (exact) mass is 292 g/mol. The number of aryl methyl sites for hydroxylation is 1. The summed E-state index contributed by atoms with van der Waals surface area (Å²) < 4.78 is 0. The first-order valence-electron chi connectivity index (χ1n) is 7.90. The highest BCUT2D eigenvalue weighted by molar-refractivity contribution is 5.77. The van der Waals surface area contributed by atoms with Gasteiger partial charge in [-0.3, -0.25) is 0 Å². The molecule has 2 atom stereocenters. The maximum absolute atomic E-state index is 4.82. The molecule has 0 saturated carbocycles. The largest absolute Gasteiger partial charge is 0.358 e. The summed E-state index contributed by atoms with van der Waals surface area (Å²) in [5.41, 5.74) is 4.62. The standard InChI is InChI=1S/C18H20N4/c1-12-10-20-16-11-21-18(22-17(12)16)14-7-8-19-15(9-14)13-5-3-2-4-6-13/h2-6,10-11,14-15,19-20H,7-9H2,1H3. The van der Waals surface area contributed by atoms with Gasteiger partial charge < -0.3 is 10.3 Å². The van der Waals surface area contributed by atoms with E-state index in [4.69, 9.17) is 4.98 Å². The van der Waals surface area contributed by atoms with E-state index >= 15 is 0 Å². The second kappa shape index (κ2) is 5.54. The zero-order valence-corrected chi connectivity index (χ0v) is 12.7. The van der Waals surface area contributed by atoms with Gasteiger partial charge in [-0.15, -0.1) is 0 Å². The van der Waals surface area contributed by atoms with Crippen LogP contribution in [0.25, 0.3) is 11.0 Å². The lowest BCUT2D eigenvalue weighted by Gasteiger charge is -2.29. The Morgan fingerprint density at radius 2 is 2.05 bits per heavy atom. The summed E-state index contributed by atoms with van der Waals surface area (Å²) in [7, 11) is 0. The van der Waals surface area contributed by atoms with Gasteiger partial charge in [-0.1, -0.05) is 30.3 Å². The predicted molar refractivity (Wildman–Crippen MR) is 87.8 cm³/mol. The van der Waals surface area contributed by atoms with E-state index in [0.29, 0.717) is 12.0 Å². The smallest absolute Gasteiger partial charge is 0.132 e. The Morgan fingerprint density at radius 3 is 2.91 bits per heavy atom. The summed E-state index contributed by atoms with van der Waals surface area (Å²) >= 11 is 0. The Labute approximate surface area is 130 Å². The van der Waals surface area contributed by atoms with Gasteiger partial charge in [0.15, 0.2) is 0 Å². The normalized spacial score (nSPS) is 22.0. The van der Waals surface area contributed by atoms with Crippen molar-refractivity contribution in [3.05, 3.63) is 59.7 Å². The molecule has 0 amide bonds. The second-order valence-corrected chi connectivity index (χ2v) is 6.10. The Kier molecular flexibility index (Phi) is 3.39. The number of piperidine rings is 1. The number of fused-ring (bicyclic) bond motifs is 1. The van der Waals surface area contributed by atoms with Gasteiger partial charge in [0.2, 0.25) is 0 Å². The SMILES string of the molecule is Cc1c[nH]c2cnc(C3CCNC(c4ccccc4)C3)nc12. The quantitative estimate of drug-likeness (QED) is 0.760. The first-order valence-corrected chi connectivity index (χ1v) is 7.90. The van der Waals surface area contributed by atoms with Crippen LogP contribution < -0.4 is 5.32 Å². The van der Waals surface area contributed by atoms with Crippen LogP contribution >= 0.6 is 0 Å². The topological polar surface area (TPSA) is 53.6 Å². The zero-order valence-electron chi connectivity index (χ0n) is 12.7. The van der Waals surface area contributed by atoms with Crippen molar-refractivity contribution in [3.8, 4) is 0 Å². The summed E-state index contributed by atoms with van der Waals surface area (Å²) in [4.78, 5) is 12.6. The molecule has 0 bridgehead atoms. The van der Waals surface area contributed by atoms with Gasteiger partial charge in [-0.25, -0.2) is 9.97 Å². The van der Waals surface area contributed by atoms with Crippen LogP contribution in [0.2, 0.25) is 0 Å². The molecule has 3 heterocycles. The molecule has 0 aliphatic carbocycles. The zero-order chi connectivity index (χ0) is 14.9. The number of hydrogen-bond donors (Lipinski definition) is 2. The molecule has 3 aromatic rings. The molecule has 0 spiro atoms. The summed E-state index contributed by atoms with van der Waals surface area (Å²) in [6.45, 7) is 3.10. The number of aromatic nitrogens is 3. The van der Waals surface area contributed by atoms with Crippen molar-refractivity contribution in [2.75, 3.05) is 6.54 Å². The highest BCUT2D eigenvalue weighted by Crippen LogP contribution is 2.33. The van der Waals surface area contributed by atoms with E-state index in [1.807, 2.05) is 12.4 Å². The molecule has 2 aromatic heterocycles. The number of H-pyrrole nitrogens is 1. The van der Waals surface area contributed by atoms with Crippen molar-refractivity contribution < 1.29 is 0 Å². The van der Waals surface area contributed by atoms with Crippen molar-refractivity contribution in [3.63, 3.8) is 0 Å². The lowest BCUT2D eigenvalue weighted by atomic mass is 9.88. The third-order valence-electron chi connectivity index (χ3n) is 4.60. The number of benzene rings is 1. The number of aromatic amines is 1. The van der Waals surface area contributed by atoms with Gasteiger partial charge in [0.05, 0.1) is 17.2 Å². The average Bonchev–Trinajstić information content (AvgIpc) is 2.96. The molecule has 1 aliphatic heterocycles. The lowest BCUT2D eigenvalue weighted by Crippen LogP contribution is -2.31. The van der Waals surface area contributed by atoms with Crippen LogP contribution in [0.5, 0.6) is 0 Å². The third-order valence-corrected chi connectivity index (χ3v) is 4.60. The minimum absolute atomic E-state index is 0.395. The van der Waals surface area contributed by atoms with Crippen molar-refractivity contribution in [2.45, 2.75) is 31.7 Å². The summed E-state index contributed by atoms with van der Waals surface area (Å²) in [5, 5.41) is 3.62. The molecule has 4 heteroatoms. The Morgan fingerprint density at radius 1 is 1.18 bits per heavy atom. The van der Waals surface area contributed by atoms with Crippen molar-refractivity contribution in [2.24, 2.45) is 0 Å². The minimum atomic E-state index is 0.395. The molecule has 2 N–H and O–H groups in total. The van der Waals surface area contributed by atoms with Crippen LogP contribution in [0.4, 0.5) is 0 Å². The van der Waals surface area contributed by atoms with Gasteiger partial charge in [0, 0.05) is 18.2 Å². The van der Waals surface area contributed by atoms with E-state index in [9.17, 15) is 0 Å². The predicted octanol–water partition coefficient (Wildman–Crippen LogP) is 3.47. The highest BCUT2D eigenvalue weighted by Gasteiger charge is 2.26. The summed E-state index contributed by atoms with van der Waals surface area (Å²) in [6.07, 6.45) is 6.07. The highest BCUT2D eigenvalue weighted by atomic mass is 15.0. The van der Waals surface area contributed by atoms with Crippen LogP contribution in [-0.2, 0) is 0 Å². The molecular weight excluding hydrogens is 272 g/mol. The van der Waals surface area contributed by atoms with Gasteiger partial charge in [-0.05, 0) is 37.4 Å². The molecule has 1 aliphatic rings. The van der Waals surface area contributed by atoms with Gasteiger partial charge in [-0.2, -0.15) is 0 Å². The maximum Gasteiger partial charge on any atom is 0.132 e. The van der Waals surface area contributed by atoms with Crippen LogP contribution in [0, 0.1) is 6.92 Å². The number of rotatable bonds is 2. The van der Waals surface area contributed by atoms with E-state index in [1.54, 1.807) is 0 Å². The van der Waals surface area contributed by atoms with Crippen molar-refractivity contribution in [1.29, 1.82) is 0 Å². The number of nitrogens with zero attached hydrogens (tertiary/aromatic N) is 2. The van der Waals surface area contributed by atoms with Gasteiger partial charge in [0.25, 0.3) is 0 Å². The molecular formula is C18H20N4. The van der Waals surface area contributed by atoms with Crippen LogP contribution in [-0.4, -0.2) is 21.5 Å². The number of hydrogen-bond acceptors (Lipinski definition) is 3. The summed E-state index contributed by atoms with van der Waals surface area (Å²) in [6, 6.07) is 11.1. The molecule has 0 radical (unpaired) electrons. The molecule has 1 aromatic carbocycles. The average molecular weight is 292 g/mol. The van der Waals surface area contributed by atoms with E-state index in [1.165, 1.54) is 11.1 Å². The molecule has 1 saturated heterocycles. The van der Waals surface area contributed by atoms with Gasteiger partial charge in [0.1, 0.15) is 5.82 Å². The molecule has 2 unspecified atom stereocenters. The third kappa shape index (κ3) is 2.40. The van der Waals surface area contributed by atoms with Crippen molar-refractivity contribution in [1.82, 2.24) is 20.3 Å². The molecule has 22 heavy (non-hydrogen) atoms. The minimum Gasteiger partial charge on any atom is -0.358 e. The second-order valence-electron chi connectivity index (χ2n) is 6.10. The molecule has 4 nitrogen and oxygen atoms in total. The van der Waals surface area contributed by atoms with Crippen LogP contribution in [0.15, 0.2) is 42.7 Å². The van der Waals surface area contributed by atoms with E-state index in [2.05, 4.69) is 52.5 Å². The maximum atomic E-state index is 4.82. The first-order chi connectivity index (χ1) is 10.8. The van der Waals surface area contributed by atoms with Gasteiger partial charge >= 0.3 is 0 Å².